The molecule has 152 valence electrons. The van der Waals surface area contributed by atoms with Gasteiger partial charge in [-0.25, -0.2) is 18.3 Å². The summed E-state index contributed by atoms with van der Waals surface area (Å²) in [5, 5.41) is 8.85. The molecule has 6 nitrogen and oxygen atoms in total. The highest BCUT2D eigenvalue weighted by molar-refractivity contribution is 7.92. The van der Waals surface area contributed by atoms with Gasteiger partial charge < -0.3 is 4.74 Å². The standard InChI is InChI=1S/C20H24FNO5S/c1-14-5-4-6-16(18(14)21)13-27-17-9-7-15(8-10-17)11-12-20(2,19(23)22-24)28(3,25)26/h4-10,24H,11-13H2,1-3H3,(H,22,23). The third-order valence-electron chi connectivity index (χ3n) is 4.88. The number of hydrogen-bond donors (Lipinski definition) is 2. The van der Waals surface area contributed by atoms with Gasteiger partial charge >= 0.3 is 0 Å². The summed E-state index contributed by atoms with van der Waals surface area (Å²) in [7, 11) is -3.73. The van der Waals surface area contributed by atoms with Gasteiger partial charge in [-0.2, -0.15) is 0 Å². The van der Waals surface area contributed by atoms with Crippen LogP contribution >= 0.6 is 0 Å². The fourth-order valence-electron chi connectivity index (χ4n) is 2.70. The van der Waals surface area contributed by atoms with Crippen molar-refractivity contribution >= 4 is 15.7 Å². The normalized spacial score (nSPS) is 13.6. The van der Waals surface area contributed by atoms with Gasteiger partial charge in [-0.1, -0.05) is 30.3 Å². The average molecular weight is 409 g/mol. The fourth-order valence-corrected chi connectivity index (χ4v) is 3.56. The molecule has 2 rings (SSSR count). The van der Waals surface area contributed by atoms with Crippen molar-refractivity contribution in [3.8, 4) is 5.75 Å². The van der Waals surface area contributed by atoms with Crippen molar-refractivity contribution in [2.75, 3.05) is 6.26 Å². The number of aryl methyl sites for hydroxylation is 2. The van der Waals surface area contributed by atoms with Crippen LogP contribution in [0.15, 0.2) is 42.5 Å². The summed E-state index contributed by atoms with van der Waals surface area (Å²) in [5.74, 6) is -0.708. The van der Waals surface area contributed by atoms with Crippen molar-refractivity contribution in [1.82, 2.24) is 5.48 Å². The molecule has 0 radical (unpaired) electrons. The highest BCUT2D eigenvalue weighted by Gasteiger charge is 2.43. The Morgan fingerprint density at radius 2 is 1.86 bits per heavy atom. The Morgan fingerprint density at radius 3 is 2.43 bits per heavy atom. The minimum atomic E-state index is -3.73. The van der Waals surface area contributed by atoms with E-state index in [1.54, 1.807) is 49.4 Å². The summed E-state index contributed by atoms with van der Waals surface area (Å²) in [6.07, 6.45) is 1.28. The van der Waals surface area contributed by atoms with Gasteiger partial charge in [0.2, 0.25) is 0 Å². The van der Waals surface area contributed by atoms with E-state index in [4.69, 9.17) is 9.94 Å². The second-order valence-corrected chi connectivity index (χ2v) is 9.37. The maximum atomic E-state index is 14.0. The van der Waals surface area contributed by atoms with E-state index in [1.165, 1.54) is 12.4 Å². The van der Waals surface area contributed by atoms with Crippen LogP contribution < -0.4 is 10.2 Å². The first-order valence-corrected chi connectivity index (χ1v) is 10.6. The van der Waals surface area contributed by atoms with Crippen molar-refractivity contribution in [3.63, 3.8) is 0 Å². The van der Waals surface area contributed by atoms with Crippen LogP contribution in [0.25, 0.3) is 0 Å². The molecule has 0 aliphatic rings. The molecule has 0 saturated carbocycles. The van der Waals surface area contributed by atoms with Gasteiger partial charge in [0.25, 0.3) is 5.91 Å². The molecule has 2 aromatic carbocycles. The number of carbonyl (C=O) groups excluding carboxylic acids is 1. The molecule has 2 aromatic rings. The van der Waals surface area contributed by atoms with Gasteiger partial charge in [-0.3, -0.25) is 10.0 Å². The summed E-state index contributed by atoms with van der Waals surface area (Å²) >= 11 is 0. The fraction of sp³-hybridized carbons (Fsp3) is 0.350. The number of hydrogen-bond acceptors (Lipinski definition) is 5. The Balaban J connectivity index is 2.02. The van der Waals surface area contributed by atoms with Crippen LogP contribution in [0.3, 0.4) is 0 Å². The molecule has 0 heterocycles. The summed E-state index contributed by atoms with van der Waals surface area (Å²) < 4.78 is 41.8. The first-order chi connectivity index (χ1) is 13.1. The van der Waals surface area contributed by atoms with Crippen LogP contribution in [-0.2, 0) is 27.7 Å². The van der Waals surface area contributed by atoms with Gasteiger partial charge in [-0.15, -0.1) is 0 Å². The Hall–Kier alpha value is -2.45. The van der Waals surface area contributed by atoms with Crippen LogP contribution in [0.2, 0.25) is 0 Å². The van der Waals surface area contributed by atoms with E-state index in [1.807, 2.05) is 0 Å². The van der Waals surface area contributed by atoms with Crippen LogP contribution in [0.5, 0.6) is 5.75 Å². The van der Waals surface area contributed by atoms with Gasteiger partial charge in [0.15, 0.2) is 9.84 Å². The molecule has 0 aromatic heterocycles. The number of benzene rings is 2. The van der Waals surface area contributed by atoms with Crippen molar-refractivity contribution in [3.05, 3.63) is 65.0 Å². The molecule has 1 unspecified atom stereocenters. The SMILES string of the molecule is Cc1cccc(COc2ccc(CCC(C)(C(=O)NO)S(C)(=O)=O)cc2)c1F. The zero-order valence-corrected chi connectivity index (χ0v) is 16.8. The minimum absolute atomic E-state index is 0.00688. The van der Waals surface area contributed by atoms with Gasteiger partial charge in [0, 0.05) is 11.8 Å². The van der Waals surface area contributed by atoms with E-state index in [2.05, 4.69) is 0 Å². The highest BCUT2D eigenvalue weighted by atomic mass is 32.2. The lowest BCUT2D eigenvalue weighted by molar-refractivity contribution is -0.131. The van der Waals surface area contributed by atoms with E-state index in [0.29, 0.717) is 23.3 Å². The number of nitrogens with one attached hydrogen (secondary N) is 1. The monoisotopic (exact) mass is 409 g/mol. The molecule has 0 spiro atoms. The molecule has 0 aliphatic heterocycles. The number of amides is 1. The molecule has 2 N–H and O–H groups in total. The summed E-state index contributed by atoms with van der Waals surface area (Å²) in [6, 6.07) is 12.0. The van der Waals surface area contributed by atoms with Gasteiger partial charge in [-0.05, 0) is 49.9 Å². The smallest absolute Gasteiger partial charge is 0.264 e. The number of halogens is 1. The number of hydroxylamine groups is 1. The zero-order valence-electron chi connectivity index (χ0n) is 16.0. The topological polar surface area (TPSA) is 92.7 Å². The Bertz CT molecular complexity index is 944. The maximum Gasteiger partial charge on any atom is 0.264 e. The molecule has 0 aliphatic carbocycles. The number of sulfone groups is 1. The van der Waals surface area contributed by atoms with E-state index >= 15 is 0 Å². The Labute approximate surface area is 164 Å². The van der Waals surface area contributed by atoms with Gasteiger partial charge in [0.05, 0.1) is 0 Å². The molecule has 8 heteroatoms. The second kappa shape index (κ2) is 8.70. The predicted octanol–water partition coefficient (Wildman–Crippen LogP) is 2.95. The molecule has 1 amide bonds. The largest absolute Gasteiger partial charge is 0.489 e. The van der Waals surface area contributed by atoms with Gasteiger partial charge in [0.1, 0.15) is 22.9 Å². The molecular weight excluding hydrogens is 385 g/mol. The van der Waals surface area contributed by atoms with E-state index in [9.17, 15) is 17.6 Å². The van der Waals surface area contributed by atoms with E-state index in [-0.39, 0.29) is 18.8 Å². The third-order valence-corrected chi connectivity index (χ3v) is 6.91. The third kappa shape index (κ3) is 4.88. The van der Waals surface area contributed by atoms with Crippen molar-refractivity contribution in [1.29, 1.82) is 0 Å². The predicted molar refractivity (Wildman–Crippen MR) is 103 cm³/mol. The molecule has 0 bridgehead atoms. The van der Waals surface area contributed by atoms with Crippen molar-refractivity contribution < 1.29 is 27.5 Å². The molecule has 0 fully saturated rings. The average Bonchev–Trinajstić information content (AvgIpc) is 2.66. The Morgan fingerprint density at radius 1 is 1.21 bits per heavy atom. The van der Waals surface area contributed by atoms with Crippen LogP contribution in [0.1, 0.15) is 30.0 Å². The summed E-state index contributed by atoms with van der Waals surface area (Å²) in [4.78, 5) is 11.8. The maximum absolute atomic E-state index is 14.0. The number of carbonyl (C=O) groups is 1. The first kappa shape index (κ1) is 21.8. The first-order valence-electron chi connectivity index (χ1n) is 8.68. The van der Waals surface area contributed by atoms with E-state index in [0.717, 1.165) is 11.8 Å². The van der Waals surface area contributed by atoms with Crippen molar-refractivity contribution in [2.45, 2.75) is 38.0 Å². The quantitative estimate of drug-likeness (QED) is 0.517. The van der Waals surface area contributed by atoms with Crippen molar-refractivity contribution in [2.24, 2.45) is 0 Å². The number of rotatable bonds is 8. The lowest BCUT2D eigenvalue weighted by atomic mass is 9.99. The van der Waals surface area contributed by atoms with Crippen LogP contribution in [-0.4, -0.2) is 30.5 Å². The zero-order chi connectivity index (χ0) is 20.9. The molecule has 0 saturated heterocycles. The summed E-state index contributed by atoms with van der Waals surface area (Å²) in [6.45, 7) is 3.06. The highest BCUT2D eigenvalue weighted by Crippen LogP contribution is 2.25. The Kier molecular flexibility index (Phi) is 6.79. The molecular formula is C20H24FNO5S. The lowest BCUT2D eigenvalue weighted by Gasteiger charge is -2.25. The minimum Gasteiger partial charge on any atom is -0.489 e. The summed E-state index contributed by atoms with van der Waals surface area (Å²) in [5.41, 5.74) is 3.24. The molecule has 1 atom stereocenters. The van der Waals surface area contributed by atoms with Crippen LogP contribution in [0, 0.1) is 12.7 Å². The molecule has 28 heavy (non-hydrogen) atoms. The number of ether oxygens (including phenoxy) is 1. The lowest BCUT2D eigenvalue weighted by Crippen LogP contribution is -2.49. The second-order valence-electron chi connectivity index (χ2n) is 6.92. The van der Waals surface area contributed by atoms with E-state index < -0.39 is 20.5 Å². The van der Waals surface area contributed by atoms with Crippen LogP contribution in [0.4, 0.5) is 4.39 Å².